The summed E-state index contributed by atoms with van der Waals surface area (Å²) >= 11 is 0. The molecule has 5 heteroatoms. The molecule has 2 rings (SSSR count). The molecule has 1 saturated carbocycles. The molecule has 0 saturated heterocycles. The van der Waals surface area contributed by atoms with Crippen molar-refractivity contribution in [1.29, 1.82) is 0 Å². The highest BCUT2D eigenvalue weighted by atomic mass is 16.5. The fourth-order valence-electron chi connectivity index (χ4n) is 1.93. The van der Waals surface area contributed by atoms with E-state index in [2.05, 4.69) is 5.32 Å². The van der Waals surface area contributed by atoms with Crippen molar-refractivity contribution in [3.05, 3.63) is 23.8 Å². The SMILES string of the molecule is CCC(Oc1cc(CNC2CC2)ccc1OC)C(=O)O. The first kappa shape index (κ1) is 14.7. The maximum Gasteiger partial charge on any atom is 0.344 e. The number of rotatable bonds is 8. The van der Waals surface area contributed by atoms with Crippen LogP contribution in [0.2, 0.25) is 0 Å². The predicted octanol–water partition coefficient (Wildman–Crippen LogP) is 2.19. The van der Waals surface area contributed by atoms with Crippen molar-refractivity contribution in [3.8, 4) is 11.5 Å². The van der Waals surface area contributed by atoms with E-state index >= 15 is 0 Å². The van der Waals surface area contributed by atoms with Crippen molar-refractivity contribution in [1.82, 2.24) is 5.32 Å². The minimum absolute atomic E-state index is 0.406. The van der Waals surface area contributed by atoms with E-state index in [0.717, 1.165) is 12.1 Å². The van der Waals surface area contributed by atoms with E-state index in [1.807, 2.05) is 18.2 Å². The third kappa shape index (κ3) is 3.87. The zero-order valence-corrected chi connectivity index (χ0v) is 11.9. The monoisotopic (exact) mass is 279 g/mol. The third-order valence-corrected chi connectivity index (χ3v) is 3.32. The first-order valence-electron chi connectivity index (χ1n) is 6.93. The first-order valence-corrected chi connectivity index (χ1v) is 6.93. The van der Waals surface area contributed by atoms with Gasteiger partial charge in [-0.2, -0.15) is 0 Å². The summed E-state index contributed by atoms with van der Waals surface area (Å²) in [6.07, 6.45) is 2.02. The van der Waals surface area contributed by atoms with Gasteiger partial charge in [0.05, 0.1) is 7.11 Å². The highest BCUT2D eigenvalue weighted by Gasteiger charge is 2.21. The van der Waals surface area contributed by atoms with Gasteiger partial charge in [-0.25, -0.2) is 4.79 Å². The number of carboxylic acids is 1. The molecule has 1 unspecified atom stereocenters. The number of hydrogen-bond donors (Lipinski definition) is 2. The quantitative estimate of drug-likeness (QED) is 0.763. The molecule has 0 spiro atoms. The van der Waals surface area contributed by atoms with Gasteiger partial charge in [0.2, 0.25) is 0 Å². The molecule has 1 aromatic rings. The molecule has 5 nitrogen and oxygen atoms in total. The largest absolute Gasteiger partial charge is 0.493 e. The summed E-state index contributed by atoms with van der Waals surface area (Å²) in [6, 6.07) is 6.25. The summed E-state index contributed by atoms with van der Waals surface area (Å²) in [4.78, 5) is 11.1. The molecular weight excluding hydrogens is 258 g/mol. The number of ether oxygens (including phenoxy) is 2. The van der Waals surface area contributed by atoms with Gasteiger partial charge in [0, 0.05) is 12.6 Å². The van der Waals surface area contributed by atoms with E-state index in [0.29, 0.717) is 24.0 Å². The van der Waals surface area contributed by atoms with Gasteiger partial charge in [0.1, 0.15) is 0 Å². The van der Waals surface area contributed by atoms with Crippen LogP contribution in [0.25, 0.3) is 0 Å². The lowest BCUT2D eigenvalue weighted by Crippen LogP contribution is -2.26. The molecule has 1 aliphatic carbocycles. The van der Waals surface area contributed by atoms with Crippen molar-refractivity contribution in [2.24, 2.45) is 0 Å². The van der Waals surface area contributed by atoms with Crippen molar-refractivity contribution < 1.29 is 19.4 Å². The molecule has 0 aromatic heterocycles. The standard InChI is InChI=1S/C15H21NO4/c1-3-12(15(17)18)20-14-8-10(4-7-13(14)19-2)9-16-11-5-6-11/h4,7-8,11-12,16H,3,5-6,9H2,1-2H3,(H,17,18). The molecule has 0 amide bonds. The van der Waals surface area contributed by atoms with Gasteiger partial charge in [-0.15, -0.1) is 0 Å². The Bertz CT molecular complexity index is 471. The number of nitrogens with one attached hydrogen (secondary N) is 1. The number of carbonyl (C=O) groups is 1. The third-order valence-electron chi connectivity index (χ3n) is 3.32. The summed E-state index contributed by atoms with van der Waals surface area (Å²) in [7, 11) is 1.55. The molecule has 1 aliphatic rings. The van der Waals surface area contributed by atoms with Gasteiger partial charge in [0.25, 0.3) is 0 Å². The molecule has 0 radical (unpaired) electrons. The Morgan fingerprint density at radius 3 is 2.75 bits per heavy atom. The summed E-state index contributed by atoms with van der Waals surface area (Å²) in [6.45, 7) is 2.54. The molecule has 0 heterocycles. The normalized spacial score (nSPS) is 15.7. The van der Waals surface area contributed by atoms with Crippen LogP contribution in [0.15, 0.2) is 18.2 Å². The lowest BCUT2D eigenvalue weighted by atomic mass is 10.2. The smallest absolute Gasteiger partial charge is 0.344 e. The second kappa shape index (κ2) is 6.61. The highest BCUT2D eigenvalue weighted by molar-refractivity contribution is 5.72. The van der Waals surface area contributed by atoms with Gasteiger partial charge < -0.3 is 19.9 Å². The molecule has 0 bridgehead atoms. The number of aliphatic carboxylic acids is 1. The number of carboxylic acid groups (broad SMARTS) is 1. The number of methoxy groups -OCH3 is 1. The van der Waals surface area contributed by atoms with Crippen molar-refractivity contribution in [2.75, 3.05) is 7.11 Å². The summed E-state index contributed by atoms with van der Waals surface area (Å²) in [5.74, 6) is 0.0766. The van der Waals surface area contributed by atoms with Gasteiger partial charge in [-0.05, 0) is 37.0 Å². The summed E-state index contributed by atoms with van der Waals surface area (Å²) < 4.78 is 10.8. The average Bonchev–Trinajstić information content (AvgIpc) is 3.26. The van der Waals surface area contributed by atoms with Gasteiger partial charge in [-0.1, -0.05) is 13.0 Å². The lowest BCUT2D eigenvalue weighted by Gasteiger charge is -2.17. The van der Waals surface area contributed by atoms with Crippen LogP contribution in [-0.2, 0) is 11.3 Å². The van der Waals surface area contributed by atoms with Crippen molar-refractivity contribution >= 4 is 5.97 Å². The molecule has 1 fully saturated rings. The highest BCUT2D eigenvalue weighted by Crippen LogP contribution is 2.30. The lowest BCUT2D eigenvalue weighted by molar-refractivity contribution is -0.145. The number of hydrogen-bond acceptors (Lipinski definition) is 4. The maximum atomic E-state index is 11.1. The second-order valence-corrected chi connectivity index (χ2v) is 4.99. The van der Waals surface area contributed by atoms with Gasteiger partial charge >= 0.3 is 5.97 Å². The molecule has 1 aromatic carbocycles. The van der Waals surface area contributed by atoms with Crippen LogP contribution in [0, 0.1) is 0 Å². The van der Waals surface area contributed by atoms with Crippen LogP contribution in [0.1, 0.15) is 31.7 Å². The van der Waals surface area contributed by atoms with Crippen LogP contribution in [-0.4, -0.2) is 30.3 Å². The summed E-state index contributed by atoms with van der Waals surface area (Å²) in [5.41, 5.74) is 1.06. The van der Waals surface area contributed by atoms with E-state index in [9.17, 15) is 4.79 Å². The Kier molecular flexibility index (Phi) is 4.84. The predicted molar refractivity (Wildman–Crippen MR) is 75.2 cm³/mol. The van der Waals surface area contributed by atoms with Crippen molar-refractivity contribution in [2.45, 2.75) is 44.9 Å². The van der Waals surface area contributed by atoms with Crippen LogP contribution in [0.3, 0.4) is 0 Å². The minimum atomic E-state index is -0.962. The molecule has 20 heavy (non-hydrogen) atoms. The van der Waals surface area contributed by atoms with Gasteiger partial charge in [-0.3, -0.25) is 0 Å². The Balaban J connectivity index is 2.10. The molecule has 110 valence electrons. The van der Waals surface area contributed by atoms with E-state index in [1.54, 1.807) is 14.0 Å². The fourth-order valence-corrected chi connectivity index (χ4v) is 1.93. The Morgan fingerprint density at radius 2 is 2.20 bits per heavy atom. The van der Waals surface area contributed by atoms with E-state index < -0.39 is 12.1 Å². The second-order valence-electron chi connectivity index (χ2n) is 4.99. The molecule has 1 atom stereocenters. The molecule has 2 N–H and O–H groups in total. The number of benzene rings is 1. The zero-order chi connectivity index (χ0) is 14.5. The van der Waals surface area contributed by atoms with Crippen LogP contribution < -0.4 is 14.8 Å². The van der Waals surface area contributed by atoms with Crippen molar-refractivity contribution in [3.63, 3.8) is 0 Å². The summed E-state index contributed by atoms with van der Waals surface area (Å²) in [5, 5.41) is 12.5. The molecular formula is C15H21NO4. The fraction of sp³-hybridized carbons (Fsp3) is 0.533. The van der Waals surface area contributed by atoms with Crippen LogP contribution in [0.4, 0.5) is 0 Å². The average molecular weight is 279 g/mol. The van der Waals surface area contributed by atoms with E-state index in [4.69, 9.17) is 14.6 Å². The van der Waals surface area contributed by atoms with Gasteiger partial charge in [0.15, 0.2) is 17.6 Å². The van der Waals surface area contributed by atoms with Crippen LogP contribution >= 0.6 is 0 Å². The van der Waals surface area contributed by atoms with Crippen LogP contribution in [0.5, 0.6) is 11.5 Å². The Labute approximate surface area is 118 Å². The molecule has 0 aliphatic heterocycles. The van der Waals surface area contributed by atoms with E-state index in [-0.39, 0.29) is 0 Å². The zero-order valence-electron chi connectivity index (χ0n) is 11.9. The maximum absolute atomic E-state index is 11.1. The minimum Gasteiger partial charge on any atom is -0.493 e. The Morgan fingerprint density at radius 1 is 1.45 bits per heavy atom. The topological polar surface area (TPSA) is 67.8 Å². The Hall–Kier alpha value is -1.75. The first-order chi connectivity index (χ1) is 9.63. The van der Waals surface area contributed by atoms with E-state index in [1.165, 1.54) is 12.8 Å².